The summed E-state index contributed by atoms with van der Waals surface area (Å²) >= 11 is 7.41. The third-order valence-corrected chi connectivity index (χ3v) is 3.84. The highest BCUT2D eigenvalue weighted by Crippen LogP contribution is 2.55. The standard InChI is InChI=1S/C9H11ClOS/c1-9(3-4-9)7(11)6-2-5-12-8(6)10/h2,5,7,11H,3-4H2,1H3. The smallest absolute Gasteiger partial charge is 0.0986 e. The molecule has 1 fully saturated rings. The van der Waals surface area contributed by atoms with Crippen LogP contribution in [-0.4, -0.2) is 5.11 Å². The molecule has 1 N–H and O–H groups in total. The summed E-state index contributed by atoms with van der Waals surface area (Å²) in [7, 11) is 0. The van der Waals surface area contributed by atoms with Crippen LogP contribution in [0.2, 0.25) is 4.34 Å². The van der Waals surface area contributed by atoms with Gasteiger partial charge in [0.05, 0.1) is 10.4 Å². The molecule has 0 bridgehead atoms. The lowest BCUT2D eigenvalue weighted by Gasteiger charge is -2.16. The molecule has 66 valence electrons. The first-order valence-corrected chi connectivity index (χ1v) is 5.30. The van der Waals surface area contributed by atoms with E-state index < -0.39 is 0 Å². The highest BCUT2D eigenvalue weighted by Gasteiger charge is 2.45. The average Bonchev–Trinajstić information content (AvgIpc) is 2.63. The SMILES string of the molecule is CC1(C(O)c2ccsc2Cl)CC1. The van der Waals surface area contributed by atoms with E-state index in [9.17, 15) is 5.11 Å². The molecule has 1 unspecified atom stereocenters. The Balaban J connectivity index is 2.25. The van der Waals surface area contributed by atoms with Crippen molar-refractivity contribution in [3.05, 3.63) is 21.3 Å². The molecule has 1 atom stereocenters. The van der Waals surface area contributed by atoms with Crippen molar-refractivity contribution >= 4 is 22.9 Å². The zero-order valence-corrected chi connectivity index (χ0v) is 8.45. The summed E-state index contributed by atoms with van der Waals surface area (Å²) in [6, 6.07) is 1.92. The normalized spacial score (nSPS) is 22.2. The number of aliphatic hydroxyl groups excluding tert-OH is 1. The third kappa shape index (κ3) is 1.28. The predicted octanol–water partition coefficient (Wildman–Crippen LogP) is 3.24. The van der Waals surface area contributed by atoms with Crippen LogP contribution in [0.15, 0.2) is 11.4 Å². The minimum atomic E-state index is -0.365. The third-order valence-electron chi connectivity index (χ3n) is 2.64. The monoisotopic (exact) mass is 202 g/mol. The van der Waals surface area contributed by atoms with Crippen molar-refractivity contribution < 1.29 is 5.11 Å². The van der Waals surface area contributed by atoms with E-state index in [4.69, 9.17) is 11.6 Å². The Morgan fingerprint density at radius 2 is 2.33 bits per heavy atom. The quantitative estimate of drug-likeness (QED) is 0.781. The summed E-state index contributed by atoms with van der Waals surface area (Å²) in [6.45, 7) is 2.10. The molecular weight excluding hydrogens is 192 g/mol. The lowest BCUT2D eigenvalue weighted by molar-refractivity contribution is 0.104. The fourth-order valence-electron chi connectivity index (χ4n) is 1.35. The highest BCUT2D eigenvalue weighted by atomic mass is 35.5. The molecule has 1 saturated carbocycles. The first kappa shape index (κ1) is 8.54. The first-order valence-electron chi connectivity index (χ1n) is 4.04. The Bertz CT molecular complexity index is 290. The number of aliphatic hydroxyl groups is 1. The van der Waals surface area contributed by atoms with Crippen LogP contribution in [0.1, 0.15) is 31.4 Å². The predicted molar refractivity (Wildman–Crippen MR) is 51.6 cm³/mol. The molecule has 1 heterocycles. The zero-order chi connectivity index (χ0) is 8.77. The Labute approximate surface area is 81.0 Å². The van der Waals surface area contributed by atoms with Crippen LogP contribution in [0.4, 0.5) is 0 Å². The maximum atomic E-state index is 9.91. The van der Waals surface area contributed by atoms with Crippen LogP contribution in [0.25, 0.3) is 0 Å². The summed E-state index contributed by atoms with van der Waals surface area (Å²) in [5.74, 6) is 0. The van der Waals surface area contributed by atoms with E-state index in [2.05, 4.69) is 6.92 Å². The number of thiophene rings is 1. The van der Waals surface area contributed by atoms with E-state index >= 15 is 0 Å². The average molecular weight is 203 g/mol. The molecule has 3 heteroatoms. The van der Waals surface area contributed by atoms with Gasteiger partial charge in [-0.05, 0) is 29.7 Å². The van der Waals surface area contributed by atoms with E-state index in [1.54, 1.807) is 0 Å². The van der Waals surface area contributed by atoms with Gasteiger partial charge in [0.25, 0.3) is 0 Å². The van der Waals surface area contributed by atoms with Crippen LogP contribution >= 0.6 is 22.9 Å². The molecule has 1 aromatic heterocycles. The van der Waals surface area contributed by atoms with Gasteiger partial charge in [-0.1, -0.05) is 18.5 Å². The van der Waals surface area contributed by atoms with E-state index in [1.165, 1.54) is 11.3 Å². The summed E-state index contributed by atoms with van der Waals surface area (Å²) in [6.07, 6.45) is 1.86. The van der Waals surface area contributed by atoms with Gasteiger partial charge in [-0.3, -0.25) is 0 Å². The zero-order valence-electron chi connectivity index (χ0n) is 6.88. The van der Waals surface area contributed by atoms with Gasteiger partial charge in [0, 0.05) is 5.56 Å². The Morgan fingerprint density at radius 3 is 2.75 bits per heavy atom. The second-order valence-electron chi connectivity index (χ2n) is 3.71. The van der Waals surface area contributed by atoms with Crippen molar-refractivity contribution in [2.75, 3.05) is 0 Å². The van der Waals surface area contributed by atoms with Gasteiger partial charge in [0.15, 0.2) is 0 Å². The molecule has 12 heavy (non-hydrogen) atoms. The lowest BCUT2D eigenvalue weighted by Crippen LogP contribution is -2.08. The fourth-order valence-corrected chi connectivity index (χ4v) is 2.32. The molecule has 1 nitrogen and oxygen atoms in total. The van der Waals surface area contributed by atoms with E-state index in [0.717, 1.165) is 22.7 Å². The summed E-state index contributed by atoms with van der Waals surface area (Å²) < 4.78 is 0.732. The van der Waals surface area contributed by atoms with Crippen molar-refractivity contribution in [3.8, 4) is 0 Å². The first-order chi connectivity index (χ1) is 5.63. The molecule has 0 saturated heterocycles. The van der Waals surface area contributed by atoms with E-state index in [-0.39, 0.29) is 11.5 Å². The largest absolute Gasteiger partial charge is 0.388 e. The minimum Gasteiger partial charge on any atom is -0.388 e. The van der Waals surface area contributed by atoms with Gasteiger partial charge in [0.2, 0.25) is 0 Å². The summed E-state index contributed by atoms with van der Waals surface area (Å²) in [4.78, 5) is 0. The number of rotatable bonds is 2. The fraction of sp³-hybridized carbons (Fsp3) is 0.556. The van der Waals surface area contributed by atoms with Crippen molar-refractivity contribution in [3.63, 3.8) is 0 Å². The molecule has 2 rings (SSSR count). The minimum absolute atomic E-state index is 0.102. The van der Waals surface area contributed by atoms with Crippen LogP contribution in [0, 0.1) is 5.41 Å². The lowest BCUT2D eigenvalue weighted by atomic mass is 9.97. The van der Waals surface area contributed by atoms with Gasteiger partial charge >= 0.3 is 0 Å². The highest BCUT2D eigenvalue weighted by molar-refractivity contribution is 7.14. The van der Waals surface area contributed by atoms with Gasteiger partial charge in [-0.2, -0.15) is 0 Å². The van der Waals surface area contributed by atoms with Crippen molar-refractivity contribution in [2.24, 2.45) is 5.41 Å². The van der Waals surface area contributed by atoms with E-state index in [0.29, 0.717) is 0 Å². The van der Waals surface area contributed by atoms with Gasteiger partial charge in [-0.15, -0.1) is 11.3 Å². The molecule has 0 aliphatic heterocycles. The molecule has 1 aliphatic rings. The van der Waals surface area contributed by atoms with Gasteiger partial charge in [0.1, 0.15) is 0 Å². The summed E-state index contributed by atoms with van der Waals surface area (Å²) in [5, 5.41) is 11.8. The Hall–Kier alpha value is -0.0500. The molecule has 0 spiro atoms. The van der Waals surface area contributed by atoms with Gasteiger partial charge < -0.3 is 5.11 Å². The second-order valence-corrected chi connectivity index (χ2v) is 5.22. The summed E-state index contributed by atoms with van der Waals surface area (Å²) in [5.41, 5.74) is 1.01. The number of hydrogen-bond donors (Lipinski definition) is 1. The van der Waals surface area contributed by atoms with Crippen molar-refractivity contribution in [1.29, 1.82) is 0 Å². The second kappa shape index (κ2) is 2.72. The molecule has 1 aromatic rings. The maximum absolute atomic E-state index is 9.91. The molecule has 0 amide bonds. The van der Waals surface area contributed by atoms with Crippen LogP contribution in [0.5, 0.6) is 0 Å². The molecule has 0 aromatic carbocycles. The van der Waals surface area contributed by atoms with Crippen LogP contribution in [-0.2, 0) is 0 Å². The maximum Gasteiger partial charge on any atom is 0.0986 e. The van der Waals surface area contributed by atoms with Crippen LogP contribution < -0.4 is 0 Å². The number of hydrogen-bond acceptors (Lipinski definition) is 2. The Morgan fingerprint density at radius 1 is 1.67 bits per heavy atom. The van der Waals surface area contributed by atoms with E-state index in [1.807, 2.05) is 11.4 Å². The molecular formula is C9H11ClOS. The van der Waals surface area contributed by atoms with Crippen molar-refractivity contribution in [1.82, 2.24) is 0 Å². The van der Waals surface area contributed by atoms with Gasteiger partial charge in [-0.25, -0.2) is 0 Å². The van der Waals surface area contributed by atoms with Crippen LogP contribution in [0.3, 0.4) is 0 Å². The van der Waals surface area contributed by atoms with Crippen molar-refractivity contribution in [2.45, 2.75) is 25.9 Å². The molecule has 1 aliphatic carbocycles. The Kier molecular flexibility index (Phi) is 1.94. The molecule has 0 radical (unpaired) electrons. The topological polar surface area (TPSA) is 20.2 Å². The number of halogens is 1.